The molecule has 6 rings (SSSR count). The van der Waals surface area contributed by atoms with Gasteiger partial charge in [0.25, 0.3) is 5.91 Å². The highest BCUT2D eigenvalue weighted by Gasteiger charge is 2.29. The molecule has 1 unspecified atom stereocenters. The highest BCUT2D eigenvalue weighted by atomic mass is 32.1. The van der Waals surface area contributed by atoms with E-state index in [1.165, 1.54) is 12.0 Å². The fraction of sp³-hybridized carbons (Fsp3) is 0.241. The van der Waals surface area contributed by atoms with Crippen molar-refractivity contribution in [2.45, 2.75) is 12.5 Å². The van der Waals surface area contributed by atoms with Gasteiger partial charge >= 0.3 is 0 Å². The van der Waals surface area contributed by atoms with Gasteiger partial charge in [-0.05, 0) is 35.9 Å². The molecule has 0 bridgehead atoms. The zero-order valence-corrected chi connectivity index (χ0v) is 21.8. The maximum absolute atomic E-state index is 13.5. The number of hydrogen-bond acceptors (Lipinski definition) is 8. The lowest BCUT2D eigenvalue weighted by atomic mass is 10.0. The first-order chi connectivity index (χ1) is 18.7. The Balaban J connectivity index is 1.16. The summed E-state index contributed by atoms with van der Waals surface area (Å²) in [5, 5.41) is 8.82. The number of carbonyl (C=O) groups excluding carboxylic acids is 1. The molecule has 0 aliphatic carbocycles. The largest absolute Gasteiger partial charge is 0.497 e. The fourth-order valence-electron chi connectivity index (χ4n) is 4.94. The second-order valence-electron chi connectivity index (χ2n) is 9.22. The van der Waals surface area contributed by atoms with E-state index in [-0.39, 0.29) is 11.9 Å². The highest BCUT2D eigenvalue weighted by Crippen LogP contribution is 2.33. The van der Waals surface area contributed by atoms with Gasteiger partial charge in [-0.25, -0.2) is 4.98 Å². The Hall–Kier alpha value is -4.08. The van der Waals surface area contributed by atoms with Crippen LogP contribution < -0.4 is 4.74 Å². The summed E-state index contributed by atoms with van der Waals surface area (Å²) in [6, 6.07) is 24.1. The summed E-state index contributed by atoms with van der Waals surface area (Å²) in [6.07, 6.45) is 2.00. The van der Waals surface area contributed by atoms with Crippen LogP contribution in [0.15, 0.2) is 83.6 Å². The summed E-state index contributed by atoms with van der Waals surface area (Å²) >= 11 is 1.60. The molecule has 5 aromatic rings. The minimum atomic E-state index is 0.0439. The van der Waals surface area contributed by atoms with E-state index in [0.717, 1.165) is 39.6 Å². The molecule has 3 heterocycles. The Morgan fingerprint density at radius 2 is 1.87 bits per heavy atom. The van der Waals surface area contributed by atoms with Gasteiger partial charge in [0, 0.05) is 49.8 Å². The van der Waals surface area contributed by atoms with Gasteiger partial charge in [0.2, 0.25) is 12.3 Å². The number of piperazine rings is 1. The normalized spacial score (nSPS) is 15.0. The van der Waals surface area contributed by atoms with Crippen molar-refractivity contribution in [3.8, 4) is 16.3 Å². The van der Waals surface area contributed by atoms with E-state index >= 15 is 0 Å². The number of carbonyl (C=O) groups is 1. The summed E-state index contributed by atoms with van der Waals surface area (Å²) in [6.45, 7) is 2.83. The van der Waals surface area contributed by atoms with Crippen molar-refractivity contribution in [2.24, 2.45) is 0 Å². The van der Waals surface area contributed by atoms with E-state index in [1.807, 2.05) is 65.6 Å². The number of aromatic nitrogens is 3. The van der Waals surface area contributed by atoms with Crippen molar-refractivity contribution < 1.29 is 13.9 Å². The molecule has 0 N–H and O–H groups in total. The molecular weight excluding hydrogens is 498 g/mol. The molecule has 8 nitrogen and oxygen atoms in total. The summed E-state index contributed by atoms with van der Waals surface area (Å²) in [5.41, 5.74) is 3.75. The van der Waals surface area contributed by atoms with Gasteiger partial charge in [-0.1, -0.05) is 42.5 Å². The molecule has 0 saturated carbocycles. The Morgan fingerprint density at radius 3 is 2.63 bits per heavy atom. The van der Waals surface area contributed by atoms with Crippen molar-refractivity contribution in [3.63, 3.8) is 0 Å². The van der Waals surface area contributed by atoms with Crippen LogP contribution in [0.5, 0.6) is 5.75 Å². The van der Waals surface area contributed by atoms with Crippen molar-refractivity contribution in [1.29, 1.82) is 0 Å². The van der Waals surface area contributed by atoms with Gasteiger partial charge in [-0.3, -0.25) is 9.69 Å². The zero-order chi connectivity index (χ0) is 25.9. The Labute approximate surface area is 224 Å². The van der Waals surface area contributed by atoms with Crippen LogP contribution in [0.3, 0.4) is 0 Å². The SMILES string of the molecule is COc1ccc2nc(-c3cccc(C(=O)N4CCN(C(Cc5nnco5)c5ccccc5)CC4)c3)sc2c1. The zero-order valence-electron chi connectivity index (χ0n) is 21.0. The molecule has 38 heavy (non-hydrogen) atoms. The molecule has 1 saturated heterocycles. The first-order valence-corrected chi connectivity index (χ1v) is 13.4. The smallest absolute Gasteiger partial charge is 0.253 e. The van der Waals surface area contributed by atoms with Crippen LogP contribution in [-0.4, -0.2) is 64.2 Å². The quantitative estimate of drug-likeness (QED) is 0.292. The third-order valence-corrected chi connectivity index (χ3v) is 8.02. The van der Waals surface area contributed by atoms with E-state index in [2.05, 4.69) is 27.2 Å². The first-order valence-electron chi connectivity index (χ1n) is 12.6. The van der Waals surface area contributed by atoms with Gasteiger partial charge < -0.3 is 14.1 Å². The van der Waals surface area contributed by atoms with Gasteiger partial charge in [-0.15, -0.1) is 21.5 Å². The summed E-state index contributed by atoms with van der Waals surface area (Å²) < 4.78 is 11.8. The molecule has 0 spiro atoms. The van der Waals surface area contributed by atoms with E-state index in [9.17, 15) is 4.79 Å². The average molecular weight is 526 g/mol. The molecule has 3 aromatic carbocycles. The van der Waals surface area contributed by atoms with E-state index in [4.69, 9.17) is 14.1 Å². The molecule has 2 aromatic heterocycles. The van der Waals surface area contributed by atoms with Crippen LogP contribution in [0.25, 0.3) is 20.8 Å². The van der Waals surface area contributed by atoms with Crippen LogP contribution in [0.4, 0.5) is 0 Å². The summed E-state index contributed by atoms with van der Waals surface area (Å²) in [4.78, 5) is 22.6. The van der Waals surface area contributed by atoms with Crippen LogP contribution in [0, 0.1) is 0 Å². The van der Waals surface area contributed by atoms with Gasteiger partial charge in [0.05, 0.1) is 17.3 Å². The molecule has 0 radical (unpaired) electrons. The molecule has 192 valence electrons. The molecule has 1 amide bonds. The number of fused-ring (bicyclic) bond motifs is 1. The third-order valence-electron chi connectivity index (χ3n) is 6.95. The number of benzene rings is 3. The van der Waals surface area contributed by atoms with Gasteiger partial charge in [0.15, 0.2) is 0 Å². The van der Waals surface area contributed by atoms with Crippen LogP contribution in [-0.2, 0) is 6.42 Å². The fourth-order valence-corrected chi connectivity index (χ4v) is 5.93. The lowest BCUT2D eigenvalue weighted by molar-refractivity contribution is 0.0559. The standard InChI is InChI=1S/C29H27N5O3S/c1-36-23-10-11-24-26(17-23)38-28(31-24)21-8-5-9-22(16-21)29(35)34-14-12-33(13-15-34)25(18-27-32-30-19-37-27)20-6-3-2-4-7-20/h2-11,16-17,19,25H,12-15,18H2,1H3. The Kier molecular flexibility index (Phi) is 6.85. The molecular formula is C29H27N5O3S. The van der Waals surface area contributed by atoms with E-state index in [0.29, 0.717) is 31.0 Å². The summed E-state index contributed by atoms with van der Waals surface area (Å²) in [5.74, 6) is 1.47. The Morgan fingerprint density at radius 1 is 1.03 bits per heavy atom. The first kappa shape index (κ1) is 24.3. The lowest BCUT2D eigenvalue weighted by Gasteiger charge is -2.39. The topological polar surface area (TPSA) is 84.6 Å². The van der Waals surface area contributed by atoms with E-state index in [1.54, 1.807) is 18.4 Å². The number of hydrogen-bond donors (Lipinski definition) is 0. The minimum Gasteiger partial charge on any atom is -0.497 e. The molecule has 1 fully saturated rings. The summed E-state index contributed by atoms with van der Waals surface area (Å²) in [7, 11) is 1.66. The number of ether oxygens (including phenoxy) is 1. The monoisotopic (exact) mass is 525 g/mol. The maximum atomic E-state index is 13.5. The minimum absolute atomic E-state index is 0.0439. The number of rotatable bonds is 7. The van der Waals surface area contributed by atoms with E-state index < -0.39 is 0 Å². The molecule has 1 aliphatic rings. The number of amides is 1. The number of nitrogens with zero attached hydrogens (tertiary/aromatic N) is 5. The van der Waals surface area contributed by atoms with Crippen LogP contribution in [0.2, 0.25) is 0 Å². The van der Waals surface area contributed by atoms with Gasteiger partial charge in [0.1, 0.15) is 10.8 Å². The highest BCUT2D eigenvalue weighted by molar-refractivity contribution is 7.21. The van der Waals surface area contributed by atoms with Crippen molar-refractivity contribution in [1.82, 2.24) is 25.0 Å². The number of methoxy groups -OCH3 is 1. The van der Waals surface area contributed by atoms with Crippen LogP contribution >= 0.6 is 11.3 Å². The molecule has 9 heteroatoms. The number of thiazole rings is 1. The lowest BCUT2D eigenvalue weighted by Crippen LogP contribution is -2.50. The van der Waals surface area contributed by atoms with Crippen molar-refractivity contribution in [3.05, 3.63) is 96.2 Å². The maximum Gasteiger partial charge on any atom is 0.253 e. The second kappa shape index (κ2) is 10.7. The second-order valence-corrected chi connectivity index (χ2v) is 10.3. The predicted molar refractivity (Wildman–Crippen MR) is 146 cm³/mol. The van der Waals surface area contributed by atoms with Crippen molar-refractivity contribution in [2.75, 3.05) is 33.3 Å². The third kappa shape index (κ3) is 5.03. The van der Waals surface area contributed by atoms with Crippen molar-refractivity contribution >= 4 is 27.5 Å². The average Bonchev–Trinajstić information content (AvgIpc) is 3.66. The molecule has 1 atom stereocenters. The predicted octanol–water partition coefficient (Wildman–Crippen LogP) is 5.10. The molecule has 1 aliphatic heterocycles. The van der Waals surface area contributed by atoms with Crippen LogP contribution in [0.1, 0.15) is 27.9 Å². The Bertz CT molecular complexity index is 1530. The van der Waals surface area contributed by atoms with Gasteiger partial charge in [-0.2, -0.15) is 0 Å².